The molecule has 1 unspecified atom stereocenters. The van der Waals surface area contributed by atoms with E-state index < -0.39 is 17.7 Å². The normalized spacial score (nSPS) is 17.2. The number of ether oxygens (including phenoxy) is 2. The molecule has 0 aromatic heterocycles. The Hall–Kier alpha value is -3.77. The summed E-state index contributed by atoms with van der Waals surface area (Å²) in [7, 11) is 3.05. The topological polar surface area (TPSA) is 76.1 Å². The van der Waals surface area contributed by atoms with Crippen molar-refractivity contribution >= 4 is 29.1 Å². The van der Waals surface area contributed by atoms with Crippen LogP contribution in [0.5, 0.6) is 11.5 Å². The predicted octanol–water partition coefficient (Wildman–Crippen LogP) is 6.28. The minimum Gasteiger partial charge on any atom is -0.507 e. The third-order valence-corrected chi connectivity index (χ3v) is 6.80. The minimum atomic E-state index is -0.806. The van der Waals surface area contributed by atoms with Crippen molar-refractivity contribution in [3.63, 3.8) is 0 Å². The van der Waals surface area contributed by atoms with Crippen molar-refractivity contribution in [2.45, 2.75) is 38.8 Å². The van der Waals surface area contributed by atoms with Gasteiger partial charge in [0.15, 0.2) is 0 Å². The molecule has 6 nitrogen and oxygen atoms in total. The number of hydrogen-bond acceptors (Lipinski definition) is 5. The summed E-state index contributed by atoms with van der Waals surface area (Å²) in [5.41, 5.74) is 2.80. The van der Waals surface area contributed by atoms with Gasteiger partial charge in [-0.2, -0.15) is 0 Å². The molecule has 1 aliphatic rings. The maximum Gasteiger partial charge on any atom is 0.295 e. The number of methoxy groups -OCH3 is 2. The van der Waals surface area contributed by atoms with Gasteiger partial charge in [0.2, 0.25) is 0 Å². The van der Waals surface area contributed by atoms with Crippen molar-refractivity contribution < 1.29 is 24.2 Å². The monoisotopic (exact) mass is 519 g/mol. The predicted molar refractivity (Wildman–Crippen MR) is 144 cm³/mol. The number of benzene rings is 3. The van der Waals surface area contributed by atoms with Crippen LogP contribution in [0.1, 0.15) is 49.1 Å². The van der Waals surface area contributed by atoms with Gasteiger partial charge in [0.05, 0.1) is 31.4 Å². The van der Waals surface area contributed by atoms with Crippen LogP contribution in [0.15, 0.2) is 72.3 Å². The van der Waals surface area contributed by atoms with E-state index in [0.29, 0.717) is 22.1 Å². The number of aliphatic hydroxyl groups excluding tert-OH is 1. The molecular weight excluding hydrogens is 490 g/mol. The first-order chi connectivity index (χ1) is 17.5. The fourth-order valence-corrected chi connectivity index (χ4v) is 4.67. The van der Waals surface area contributed by atoms with Gasteiger partial charge >= 0.3 is 0 Å². The van der Waals surface area contributed by atoms with E-state index in [4.69, 9.17) is 21.1 Å². The number of amides is 1. The highest BCUT2D eigenvalue weighted by Gasteiger charge is 2.46. The molecule has 0 spiro atoms. The average molecular weight is 520 g/mol. The van der Waals surface area contributed by atoms with Gasteiger partial charge < -0.3 is 19.5 Å². The Bertz CT molecular complexity index is 1350. The third-order valence-electron chi connectivity index (χ3n) is 6.56. The first-order valence-electron chi connectivity index (χ1n) is 11.9. The molecule has 1 heterocycles. The van der Waals surface area contributed by atoms with Crippen molar-refractivity contribution in [3.8, 4) is 11.5 Å². The fraction of sp³-hybridized carbons (Fsp3) is 0.267. The molecule has 4 rings (SSSR count). The number of halogens is 1. The van der Waals surface area contributed by atoms with Crippen LogP contribution in [0.25, 0.3) is 5.76 Å². The van der Waals surface area contributed by atoms with Crippen LogP contribution in [-0.4, -0.2) is 35.9 Å². The van der Waals surface area contributed by atoms with Gasteiger partial charge in [-0.1, -0.05) is 68.8 Å². The molecule has 0 radical (unpaired) electrons. The van der Waals surface area contributed by atoms with Crippen molar-refractivity contribution in [3.05, 3.63) is 99.6 Å². The highest BCUT2D eigenvalue weighted by atomic mass is 35.5. The highest BCUT2D eigenvalue weighted by molar-refractivity contribution is 6.46. The van der Waals surface area contributed by atoms with Gasteiger partial charge in [-0.15, -0.1) is 0 Å². The van der Waals surface area contributed by atoms with Crippen LogP contribution >= 0.6 is 11.6 Å². The lowest BCUT2D eigenvalue weighted by Gasteiger charge is -2.27. The Labute approximate surface area is 222 Å². The second-order valence-electron chi connectivity index (χ2n) is 9.99. The summed E-state index contributed by atoms with van der Waals surface area (Å²) in [5, 5.41) is 11.8. The summed E-state index contributed by atoms with van der Waals surface area (Å²) in [5.74, 6) is -0.765. The summed E-state index contributed by atoms with van der Waals surface area (Å²) in [6, 6.07) is 19.0. The zero-order chi connectivity index (χ0) is 26.9. The van der Waals surface area contributed by atoms with E-state index in [-0.39, 0.29) is 28.9 Å². The minimum absolute atomic E-state index is 0.0115. The van der Waals surface area contributed by atoms with E-state index in [0.717, 1.165) is 11.1 Å². The van der Waals surface area contributed by atoms with E-state index in [9.17, 15) is 14.7 Å². The summed E-state index contributed by atoms with van der Waals surface area (Å²) in [4.78, 5) is 28.3. The molecule has 1 saturated heterocycles. The second kappa shape index (κ2) is 10.3. The number of aliphatic hydroxyl groups is 1. The Morgan fingerprint density at radius 3 is 2.16 bits per heavy atom. The maximum atomic E-state index is 13.4. The van der Waals surface area contributed by atoms with Crippen molar-refractivity contribution in [1.82, 2.24) is 4.90 Å². The number of rotatable bonds is 6. The fourth-order valence-electron chi connectivity index (χ4n) is 4.49. The quantitative estimate of drug-likeness (QED) is 0.236. The molecule has 0 bridgehead atoms. The summed E-state index contributed by atoms with van der Waals surface area (Å²) in [6.07, 6.45) is 0. The number of likely N-dealkylation sites (tertiary alicyclic amines) is 1. The van der Waals surface area contributed by atoms with E-state index in [1.807, 2.05) is 36.4 Å². The molecule has 37 heavy (non-hydrogen) atoms. The molecular formula is C30H30ClNO5. The Kier molecular flexibility index (Phi) is 7.32. The summed E-state index contributed by atoms with van der Waals surface area (Å²) in [6.45, 7) is 6.51. The number of ketones is 1. The molecule has 1 amide bonds. The molecule has 192 valence electrons. The number of carbonyl (C=O) groups excluding carboxylic acids is 2. The number of hydrogen-bond donors (Lipinski definition) is 1. The second-order valence-corrected chi connectivity index (χ2v) is 10.4. The summed E-state index contributed by atoms with van der Waals surface area (Å²) < 4.78 is 10.6. The smallest absolute Gasteiger partial charge is 0.295 e. The number of nitrogens with zero attached hydrogens (tertiary/aromatic N) is 1. The molecule has 3 aromatic rings. The Morgan fingerprint density at radius 1 is 0.946 bits per heavy atom. The molecule has 0 saturated carbocycles. The largest absolute Gasteiger partial charge is 0.507 e. The highest BCUT2D eigenvalue weighted by Crippen LogP contribution is 2.42. The third kappa shape index (κ3) is 5.20. The first-order valence-corrected chi connectivity index (χ1v) is 12.3. The van der Waals surface area contributed by atoms with Gasteiger partial charge in [-0.3, -0.25) is 9.59 Å². The van der Waals surface area contributed by atoms with Crippen LogP contribution in [0, 0.1) is 0 Å². The van der Waals surface area contributed by atoms with Crippen LogP contribution in [0.3, 0.4) is 0 Å². The summed E-state index contributed by atoms with van der Waals surface area (Å²) >= 11 is 6.20. The molecule has 1 atom stereocenters. The zero-order valence-electron chi connectivity index (χ0n) is 21.5. The van der Waals surface area contributed by atoms with Gasteiger partial charge in [-0.05, 0) is 52.4 Å². The van der Waals surface area contributed by atoms with Crippen LogP contribution in [0.2, 0.25) is 5.02 Å². The van der Waals surface area contributed by atoms with E-state index in [2.05, 4.69) is 20.8 Å². The Balaban J connectivity index is 1.88. The van der Waals surface area contributed by atoms with Crippen LogP contribution < -0.4 is 9.47 Å². The molecule has 7 heteroatoms. The van der Waals surface area contributed by atoms with Gasteiger partial charge in [0.25, 0.3) is 11.7 Å². The van der Waals surface area contributed by atoms with Crippen molar-refractivity contribution in [2.24, 2.45) is 0 Å². The number of carbonyl (C=O) groups is 2. The molecule has 1 N–H and O–H groups in total. The van der Waals surface area contributed by atoms with Crippen LogP contribution in [0.4, 0.5) is 0 Å². The molecule has 0 aliphatic carbocycles. The lowest BCUT2D eigenvalue weighted by atomic mass is 9.85. The van der Waals surface area contributed by atoms with Gasteiger partial charge in [-0.25, -0.2) is 0 Å². The number of Topliss-reactive ketones (excluding diaryl/α,β-unsaturated/α-hetero) is 1. The van der Waals surface area contributed by atoms with Crippen molar-refractivity contribution in [2.75, 3.05) is 14.2 Å². The first kappa shape index (κ1) is 26.3. The standard InChI is InChI=1S/C30H30ClNO5/c1-30(2,3)20-10-8-19(9-11-20)26-25(27(33)23-16-21(31)12-15-24(23)37-5)28(34)29(35)32(26)17-18-6-13-22(36-4)14-7-18/h6-16,26,33H,17H2,1-5H3/b27-25+. The van der Waals surface area contributed by atoms with Crippen molar-refractivity contribution in [1.29, 1.82) is 0 Å². The molecule has 1 fully saturated rings. The Morgan fingerprint density at radius 2 is 1.59 bits per heavy atom. The van der Waals surface area contributed by atoms with E-state index in [1.54, 1.807) is 31.4 Å². The molecule has 3 aromatic carbocycles. The zero-order valence-corrected chi connectivity index (χ0v) is 22.3. The lowest BCUT2D eigenvalue weighted by molar-refractivity contribution is -0.140. The molecule has 1 aliphatic heterocycles. The van der Waals surface area contributed by atoms with E-state index in [1.165, 1.54) is 18.1 Å². The SMILES string of the molecule is COc1ccc(CN2C(=O)C(=O)/C(=C(/O)c3cc(Cl)ccc3OC)C2c2ccc(C(C)(C)C)cc2)cc1. The van der Waals surface area contributed by atoms with Crippen LogP contribution in [-0.2, 0) is 21.5 Å². The average Bonchev–Trinajstić information content (AvgIpc) is 3.13. The van der Waals surface area contributed by atoms with Gasteiger partial charge in [0.1, 0.15) is 17.3 Å². The van der Waals surface area contributed by atoms with Gasteiger partial charge in [0, 0.05) is 11.6 Å². The van der Waals surface area contributed by atoms with E-state index >= 15 is 0 Å². The maximum absolute atomic E-state index is 13.4. The lowest BCUT2D eigenvalue weighted by Crippen LogP contribution is -2.29.